The number of esters is 1. The van der Waals surface area contributed by atoms with Crippen molar-refractivity contribution in [2.45, 2.75) is 24.5 Å². The van der Waals surface area contributed by atoms with Crippen LogP contribution < -0.4 is 0 Å². The number of nitrogens with zero attached hydrogens (tertiary/aromatic N) is 1. The molecule has 1 aromatic carbocycles. The highest BCUT2D eigenvalue weighted by Crippen LogP contribution is 2.35. The number of carbonyl (C=O) groups is 1. The van der Waals surface area contributed by atoms with Crippen LogP contribution in [0.15, 0.2) is 48.7 Å². The van der Waals surface area contributed by atoms with Gasteiger partial charge in [0.05, 0.1) is 32.9 Å². The highest BCUT2D eigenvalue weighted by molar-refractivity contribution is 5.85. The van der Waals surface area contributed by atoms with Gasteiger partial charge in [0.1, 0.15) is 6.54 Å². The molecule has 1 aromatic heterocycles. The number of hydrogen-bond donors (Lipinski definition) is 2. The van der Waals surface area contributed by atoms with E-state index in [1.54, 1.807) is 6.20 Å². The van der Waals surface area contributed by atoms with Gasteiger partial charge < -0.3 is 24.0 Å². The minimum Gasteiger partial charge on any atom is -0.453 e. The van der Waals surface area contributed by atoms with E-state index >= 15 is 0 Å². The molecule has 1 saturated heterocycles. The molecule has 6 nitrogen and oxygen atoms in total. The van der Waals surface area contributed by atoms with Crippen molar-refractivity contribution in [2.24, 2.45) is 0 Å². The highest BCUT2D eigenvalue weighted by atomic mass is 16.6. The number of aromatic nitrogens is 1. The van der Waals surface area contributed by atoms with E-state index in [-0.39, 0.29) is 19.3 Å². The Labute approximate surface area is 160 Å². The lowest BCUT2D eigenvalue weighted by Gasteiger charge is -2.32. The average Bonchev–Trinajstić information content (AvgIpc) is 3.29. The summed E-state index contributed by atoms with van der Waals surface area (Å²) in [7, 11) is 4.28. The number of quaternary nitrogens is 1. The normalized spacial score (nSPS) is 20.9. The van der Waals surface area contributed by atoms with Gasteiger partial charge >= 0.3 is 5.97 Å². The number of nitrogens with one attached hydrogen (secondary N) is 1. The maximum atomic E-state index is 13.5. The van der Waals surface area contributed by atoms with Crippen LogP contribution in [0.25, 0.3) is 0 Å². The Hall–Kier alpha value is -2.15. The molecule has 0 radical (unpaired) electrons. The van der Waals surface area contributed by atoms with Crippen molar-refractivity contribution in [3.8, 4) is 0 Å². The molecule has 1 aliphatic heterocycles. The fraction of sp³-hybridized carbons (Fsp3) is 0.476. The number of benzene rings is 1. The zero-order valence-corrected chi connectivity index (χ0v) is 16.1. The van der Waals surface area contributed by atoms with E-state index in [2.05, 4.69) is 19.1 Å². The largest absolute Gasteiger partial charge is 0.453 e. The van der Waals surface area contributed by atoms with E-state index in [4.69, 9.17) is 9.47 Å². The minimum absolute atomic E-state index is 0.00105. The second-order valence-electron chi connectivity index (χ2n) is 7.71. The molecule has 0 saturated carbocycles. The smallest absolute Gasteiger partial charge is 0.349 e. The third-order valence-corrected chi connectivity index (χ3v) is 5.09. The van der Waals surface area contributed by atoms with Gasteiger partial charge in [-0.2, -0.15) is 0 Å². The van der Waals surface area contributed by atoms with Gasteiger partial charge in [-0.1, -0.05) is 30.3 Å². The molecule has 2 heterocycles. The summed E-state index contributed by atoms with van der Waals surface area (Å²) < 4.78 is 13.0. The quantitative estimate of drug-likeness (QED) is 0.422. The molecule has 3 rings (SSSR count). The molecular weight excluding hydrogens is 344 g/mol. The molecule has 2 atom stereocenters. The summed E-state index contributed by atoms with van der Waals surface area (Å²) in [5, 5.41) is 9.18. The highest BCUT2D eigenvalue weighted by Gasteiger charge is 2.48. The van der Waals surface area contributed by atoms with Crippen LogP contribution in [0, 0.1) is 0 Å². The summed E-state index contributed by atoms with van der Waals surface area (Å²) in [4.78, 5) is 16.6. The number of aliphatic hydroxyl groups is 1. The Bertz CT molecular complexity index is 730. The standard InChI is InChI=1S/C21H29N2O4/c1-23(2)13-11-18(16-23)27-20(25)21(26-15-7-14-24,19-10-6-12-22-19)17-8-4-3-5-9-17/h3-6,8-10,12,18,22,24H,7,11,13-16H2,1-2H3/q+1. The van der Waals surface area contributed by atoms with E-state index in [0.717, 1.165) is 24.0 Å². The predicted molar refractivity (Wildman–Crippen MR) is 102 cm³/mol. The van der Waals surface area contributed by atoms with Gasteiger partial charge in [-0.3, -0.25) is 0 Å². The van der Waals surface area contributed by atoms with Crippen LogP contribution >= 0.6 is 0 Å². The summed E-state index contributed by atoms with van der Waals surface area (Å²) >= 11 is 0. The van der Waals surface area contributed by atoms with Crippen molar-refractivity contribution in [1.82, 2.24) is 4.98 Å². The van der Waals surface area contributed by atoms with Gasteiger partial charge in [-0.25, -0.2) is 4.79 Å². The number of carbonyl (C=O) groups excluding carboxylic acids is 1. The summed E-state index contributed by atoms with van der Waals surface area (Å²) in [5.74, 6) is -0.416. The molecule has 2 N–H and O–H groups in total. The maximum absolute atomic E-state index is 13.5. The number of aromatic amines is 1. The van der Waals surface area contributed by atoms with E-state index in [0.29, 0.717) is 17.7 Å². The lowest BCUT2D eigenvalue weighted by Crippen LogP contribution is -2.45. The molecule has 2 unspecified atom stereocenters. The molecule has 27 heavy (non-hydrogen) atoms. The Morgan fingerprint density at radius 2 is 2.04 bits per heavy atom. The molecule has 2 aromatic rings. The van der Waals surface area contributed by atoms with Gasteiger partial charge in [-0.15, -0.1) is 0 Å². The van der Waals surface area contributed by atoms with Crippen molar-refractivity contribution in [3.63, 3.8) is 0 Å². The van der Waals surface area contributed by atoms with Crippen molar-refractivity contribution < 1.29 is 23.9 Å². The lowest BCUT2D eigenvalue weighted by atomic mass is 9.90. The Balaban J connectivity index is 1.96. The van der Waals surface area contributed by atoms with Crippen molar-refractivity contribution in [1.29, 1.82) is 0 Å². The van der Waals surface area contributed by atoms with Crippen molar-refractivity contribution in [2.75, 3.05) is 40.4 Å². The van der Waals surface area contributed by atoms with Crippen LogP contribution in [0.1, 0.15) is 24.1 Å². The van der Waals surface area contributed by atoms with Crippen LogP contribution in [0.5, 0.6) is 0 Å². The number of rotatable bonds is 8. The summed E-state index contributed by atoms with van der Waals surface area (Å²) in [6, 6.07) is 13.1. The van der Waals surface area contributed by atoms with Crippen LogP contribution in [0.4, 0.5) is 0 Å². The third-order valence-electron chi connectivity index (χ3n) is 5.09. The van der Waals surface area contributed by atoms with Gasteiger partial charge in [-0.05, 0) is 18.6 Å². The van der Waals surface area contributed by atoms with E-state index in [1.807, 2.05) is 42.5 Å². The number of hydrogen-bond acceptors (Lipinski definition) is 4. The monoisotopic (exact) mass is 373 g/mol. The zero-order valence-electron chi connectivity index (χ0n) is 16.1. The average molecular weight is 373 g/mol. The van der Waals surface area contributed by atoms with E-state index in [9.17, 15) is 9.90 Å². The third kappa shape index (κ3) is 4.24. The first-order chi connectivity index (χ1) is 13.0. The Morgan fingerprint density at radius 3 is 2.63 bits per heavy atom. The molecule has 1 aliphatic rings. The number of aliphatic hydroxyl groups excluding tert-OH is 1. The molecule has 6 heteroatoms. The van der Waals surface area contributed by atoms with Crippen LogP contribution in [-0.4, -0.2) is 67.0 Å². The van der Waals surface area contributed by atoms with Crippen LogP contribution in [0.3, 0.4) is 0 Å². The van der Waals surface area contributed by atoms with Gasteiger partial charge in [0, 0.05) is 24.8 Å². The molecular formula is C21H29N2O4+. The van der Waals surface area contributed by atoms with E-state index < -0.39 is 11.6 Å². The molecule has 0 aliphatic carbocycles. The first kappa shape index (κ1) is 19.6. The molecule has 146 valence electrons. The number of ether oxygens (including phenoxy) is 2. The fourth-order valence-electron chi connectivity index (χ4n) is 3.67. The number of likely N-dealkylation sites (tertiary alicyclic amines) is 1. The van der Waals surface area contributed by atoms with Crippen LogP contribution in [0.2, 0.25) is 0 Å². The SMILES string of the molecule is C[N+]1(C)CCC(OC(=O)C(OCCCO)(c2ccccc2)c2ccc[nH]2)C1. The molecule has 0 amide bonds. The fourth-order valence-corrected chi connectivity index (χ4v) is 3.67. The van der Waals surface area contributed by atoms with Gasteiger partial charge in [0.25, 0.3) is 0 Å². The second-order valence-corrected chi connectivity index (χ2v) is 7.71. The molecule has 0 bridgehead atoms. The Kier molecular flexibility index (Phi) is 5.99. The predicted octanol–water partition coefficient (Wildman–Crippen LogP) is 2.05. The van der Waals surface area contributed by atoms with Crippen LogP contribution in [-0.2, 0) is 19.9 Å². The summed E-state index contributed by atoms with van der Waals surface area (Å²) in [5.41, 5.74) is -0.0369. The van der Waals surface area contributed by atoms with Gasteiger partial charge in [0.15, 0.2) is 6.10 Å². The lowest BCUT2D eigenvalue weighted by molar-refractivity contribution is -0.879. The Morgan fingerprint density at radius 1 is 1.26 bits per heavy atom. The zero-order chi connectivity index (χ0) is 19.3. The summed E-state index contributed by atoms with van der Waals surface area (Å²) in [6.07, 6.45) is 2.92. The molecule has 0 spiro atoms. The number of likely N-dealkylation sites (N-methyl/N-ethyl adjacent to an activating group) is 1. The van der Waals surface area contributed by atoms with E-state index in [1.165, 1.54) is 0 Å². The van der Waals surface area contributed by atoms with Crippen molar-refractivity contribution >= 4 is 5.97 Å². The first-order valence-corrected chi connectivity index (χ1v) is 9.45. The minimum atomic E-state index is -1.38. The first-order valence-electron chi connectivity index (χ1n) is 9.45. The molecule has 1 fully saturated rings. The number of H-pyrrole nitrogens is 1. The van der Waals surface area contributed by atoms with Crippen molar-refractivity contribution in [3.05, 3.63) is 59.9 Å². The summed E-state index contributed by atoms with van der Waals surface area (Å²) in [6.45, 7) is 2.01. The topological polar surface area (TPSA) is 71.6 Å². The second kappa shape index (κ2) is 8.25. The van der Waals surface area contributed by atoms with Gasteiger partial charge in [0.2, 0.25) is 5.60 Å². The maximum Gasteiger partial charge on any atom is 0.349 e.